The first-order chi connectivity index (χ1) is 5.65. The fourth-order valence-corrected chi connectivity index (χ4v) is 0.701. The summed E-state index contributed by atoms with van der Waals surface area (Å²) in [5.74, 6) is 10.5. The second-order valence-electron chi connectivity index (χ2n) is 2.23. The van der Waals surface area contributed by atoms with Crippen molar-refractivity contribution in [2.75, 3.05) is 5.01 Å². The largest absolute Gasteiger partial charge is 0.351 e. The van der Waals surface area contributed by atoms with Gasteiger partial charge in [0.2, 0.25) is 0 Å². The van der Waals surface area contributed by atoms with Crippen LogP contribution >= 0.6 is 0 Å². The Balaban J connectivity index is 2.77. The first-order valence-corrected chi connectivity index (χ1v) is 3.22. The zero-order valence-electron chi connectivity index (χ0n) is 6.53. The Morgan fingerprint density at radius 2 is 2.50 bits per heavy atom. The van der Waals surface area contributed by atoms with E-state index < -0.39 is 6.03 Å². The maximum absolute atomic E-state index is 10.8. The highest BCUT2D eigenvalue weighted by atomic mass is 16.2. The molecule has 0 spiro atoms. The highest BCUT2D eigenvalue weighted by Gasteiger charge is 2.11. The quantitative estimate of drug-likeness (QED) is 0.245. The molecule has 1 aromatic rings. The number of amides is 2. The van der Waals surface area contributed by atoms with E-state index in [0.29, 0.717) is 5.82 Å². The SMILES string of the molecule is Cc1cc(N(N)C(=O)NN)n[nH]1. The Hall–Kier alpha value is -1.60. The van der Waals surface area contributed by atoms with Crippen LogP contribution in [0.5, 0.6) is 0 Å². The number of H-pyrrole nitrogens is 1. The highest BCUT2D eigenvalue weighted by molar-refractivity contribution is 5.89. The molecule has 0 saturated heterocycles. The van der Waals surface area contributed by atoms with Crippen molar-refractivity contribution < 1.29 is 4.79 Å². The fourth-order valence-electron chi connectivity index (χ4n) is 0.701. The molecule has 0 aromatic carbocycles. The van der Waals surface area contributed by atoms with Gasteiger partial charge in [-0.05, 0) is 6.92 Å². The monoisotopic (exact) mass is 170 g/mol. The van der Waals surface area contributed by atoms with E-state index in [1.165, 1.54) is 0 Å². The van der Waals surface area contributed by atoms with Gasteiger partial charge in [0.25, 0.3) is 0 Å². The second kappa shape index (κ2) is 3.20. The zero-order chi connectivity index (χ0) is 9.14. The molecule has 0 unspecified atom stereocenters. The Morgan fingerprint density at radius 1 is 1.83 bits per heavy atom. The number of hydrazine groups is 2. The number of nitrogens with zero attached hydrogens (tertiary/aromatic N) is 2. The van der Waals surface area contributed by atoms with Crippen molar-refractivity contribution in [3.8, 4) is 0 Å². The van der Waals surface area contributed by atoms with Crippen molar-refractivity contribution in [1.82, 2.24) is 15.6 Å². The van der Waals surface area contributed by atoms with Gasteiger partial charge in [0, 0.05) is 11.8 Å². The van der Waals surface area contributed by atoms with Gasteiger partial charge in [-0.3, -0.25) is 10.5 Å². The number of nitrogens with one attached hydrogen (secondary N) is 2. The minimum atomic E-state index is -0.624. The first-order valence-electron chi connectivity index (χ1n) is 3.22. The number of aromatic nitrogens is 2. The maximum atomic E-state index is 10.8. The number of hydrogen-bond donors (Lipinski definition) is 4. The number of carbonyl (C=O) groups is 1. The van der Waals surface area contributed by atoms with Crippen LogP contribution in [0.15, 0.2) is 6.07 Å². The minimum absolute atomic E-state index is 0.315. The molecule has 7 heteroatoms. The Labute approximate surface area is 68.6 Å². The molecule has 0 radical (unpaired) electrons. The van der Waals surface area contributed by atoms with Crippen molar-refractivity contribution in [3.63, 3.8) is 0 Å². The third kappa shape index (κ3) is 1.52. The lowest BCUT2D eigenvalue weighted by atomic mass is 10.5. The van der Waals surface area contributed by atoms with Crippen LogP contribution in [0.4, 0.5) is 10.6 Å². The molecule has 0 aliphatic heterocycles. The normalized spacial score (nSPS) is 9.58. The number of rotatable bonds is 1. The number of aromatic amines is 1. The third-order valence-electron chi connectivity index (χ3n) is 1.28. The molecule has 2 amide bonds. The van der Waals surface area contributed by atoms with E-state index in [9.17, 15) is 4.79 Å². The van der Waals surface area contributed by atoms with Gasteiger partial charge >= 0.3 is 6.03 Å². The summed E-state index contributed by atoms with van der Waals surface area (Å²) in [7, 11) is 0. The van der Waals surface area contributed by atoms with Crippen LogP contribution in [0.3, 0.4) is 0 Å². The van der Waals surface area contributed by atoms with Gasteiger partial charge in [0.05, 0.1) is 0 Å². The van der Waals surface area contributed by atoms with Gasteiger partial charge in [-0.2, -0.15) is 5.10 Å². The number of anilines is 1. The number of aryl methyl sites for hydroxylation is 1. The number of nitrogens with two attached hydrogens (primary N) is 2. The predicted molar refractivity (Wildman–Crippen MR) is 42.7 cm³/mol. The predicted octanol–water partition coefficient (Wildman–Crippen LogP) is -1.02. The first kappa shape index (κ1) is 8.50. The summed E-state index contributed by atoms with van der Waals surface area (Å²) in [5, 5.41) is 7.19. The van der Waals surface area contributed by atoms with Gasteiger partial charge in [0.1, 0.15) is 0 Å². The van der Waals surface area contributed by atoms with E-state index in [-0.39, 0.29) is 0 Å². The number of urea groups is 1. The number of hydrogen-bond acceptors (Lipinski definition) is 4. The van der Waals surface area contributed by atoms with Crippen LogP contribution in [0.25, 0.3) is 0 Å². The lowest BCUT2D eigenvalue weighted by molar-refractivity contribution is 0.246. The van der Waals surface area contributed by atoms with E-state index in [0.717, 1.165) is 10.7 Å². The molecule has 7 nitrogen and oxygen atoms in total. The Kier molecular flexibility index (Phi) is 2.26. The molecule has 0 saturated carbocycles. The van der Waals surface area contributed by atoms with Crippen LogP contribution < -0.4 is 22.1 Å². The van der Waals surface area contributed by atoms with Crippen LogP contribution in [-0.2, 0) is 0 Å². The molecular weight excluding hydrogens is 160 g/mol. The second-order valence-corrected chi connectivity index (χ2v) is 2.23. The summed E-state index contributed by atoms with van der Waals surface area (Å²) >= 11 is 0. The highest BCUT2D eigenvalue weighted by Crippen LogP contribution is 2.06. The van der Waals surface area contributed by atoms with Crippen LogP contribution in [0.1, 0.15) is 5.69 Å². The van der Waals surface area contributed by atoms with Gasteiger partial charge in [-0.25, -0.2) is 21.5 Å². The lowest BCUT2D eigenvalue weighted by Crippen LogP contribution is -2.47. The molecule has 0 aliphatic carbocycles. The van der Waals surface area contributed by atoms with Gasteiger partial charge in [-0.1, -0.05) is 0 Å². The van der Waals surface area contributed by atoms with Crippen molar-refractivity contribution in [2.45, 2.75) is 6.92 Å². The Morgan fingerprint density at radius 3 is 2.92 bits per heavy atom. The standard InChI is InChI=1S/C5H10N6O/c1-3-2-4(10-9-3)11(7)5(12)8-6/h2H,6-7H2,1H3,(H,8,12)(H,9,10). The fraction of sp³-hybridized carbons (Fsp3) is 0.200. The Bertz CT molecular complexity index is 281. The molecule has 12 heavy (non-hydrogen) atoms. The molecule has 66 valence electrons. The molecule has 1 heterocycles. The minimum Gasteiger partial charge on any atom is -0.281 e. The molecular formula is C5H10N6O. The summed E-state index contributed by atoms with van der Waals surface area (Å²) in [6.45, 7) is 1.80. The average molecular weight is 170 g/mol. The van der Waals surface area contributed by atoms with Crippen molar-refractivity contribution in [1.29, 1.82) is 0 Å². The molecule has 1 rings (SSSR count). The van der Waals surface area contributed by atoms with Crippen molar-refractivity contribution >= 4 is 11.8 Å². The van der Waals surface area contributed by atoms with Gasteiger partial charge < -0.3 is 0 Å². The topological polar surface area (TPSA) is 113 Å². The van der Waals surface area contributed by atoms with Crippen LogP contribution in [0, 0.1) is 6.92 Å². The summed E-state index contributed by atoms with van der Waals surface area (Å²) < 4.78 is 0. The molecule has 0 fully saturated rings. The van der Waals surface area contributed by atoms with E-state index in [1.807, 2.05) is 5.43 Å². The van der Waals surface area contributed by atoms with Crippen LogP contribution in [0.2, 0.25) is 0 Å². The molecule has 0 bridgehead atoms. The smallest absolute Gasteiger partial charge is 0.281 e. The average Bonchev–Trinajstić information content (AvgIpc) is 2.49. The van der Waals surface area contributed by atoms with Gasteiger partial charge in [-0.15, -0.1) is 0 Å². The molecule has 1 aromatic heterocycles. The molecule has 0 atom stereocenters. The van der Waals surface area contributed by atoms with E-state index in [4.69, 9.17) is 11.7 Å². The summed E-state index contributed by atoms with van der Waals surface area (Å²) in [6.07, 6.45) is 0. The third-order valence-corrected chi connectivity index (χ3v) is 1.28. The summed E-state index contributed by atoms with van der Waals surface area (Å²) in [6, 6.07) is 0.997. The van der Waals surface area contributed by atoms with E-state index >= 15 is 0 Å². The molecule has 0 aliphatic rings. The summed E-state index contributed by atoms with van der Waals surface area (Å²) in [4.78, 5) is 10.8. The van der Waals surface area contributed by atoms with Gasteiger partial charge in [0.15, 0.2) is 5.82 Å². The maximum Gasteiger partial charge on any atom is 0.351 e. The lowest BCUT2D eigenvalue weighted by Gasteiger charge is -2.11. The molecule has 6 N–H and O–H groups in total. The van der Waals surface area contributed by atoms with Crippen molar-refractivity contribution in [3.05, 3.63) is 11.8 Å². The zero-order valence-corrected chi connectivity index (χ0v) is 6.53. The van der Waals surface area contributed by atoms with E-state index in [1.54, 1.807) is 13.0 Å². The van der Waals surface area contributed by atoms with Crippen LogP contribution in [-0.4, -0.2) is 16.2 Å². The number of carbonyl (C=O) groups excluding carboxylic acids is 1. The van der Waals surface area contributed by atoms with E-state index in [2.05, 4.69) is 10.2 Å². The summed E-state index contributed by atoms with van der Waals surface area (Å²) in [5.41, 5.74) is 2.69. The van der Waals surface area contributed by atoms with Crippen molar-refractivity contribution in [2.24, 2.45) is 11.7 Å².